The molecule has 0 spiro atoms. The summed E-state index contributed by atoms with van der Waals surface area (Å²) in [6.07, 6.45) is 1.51. The molecule has 0 fully saturated rings. The van der Waals surface area contributed by atoms with Gasteiger partial charge in [0.1, 0.15) is 16.6 Å². The third-order valence-electron chi connectivity index (χ3n) is 2.80. The number of hydrogen-bond donors (Lipinski definition) is 0. The molecule has 0 unspecified atom stereocenters. The lowest BCUT2D eigenvalue weighted by atomic mass is 10.0. The van der Waals surface area contributed by atoms with E-state index in [2.05, 4.69) is 8.75 Å². The molecule has 0 radical (unpaired) electrons. The first kappa shape index (κ1) is 15.3. The SMILES string of the molecule is CCC(=O)C(=Cc1cccc2nsnc12)C(=O)OC(C)C. The summed E-state index contributed by atoms with van der Waals surface area (Å²) in [6.45, 7) is 5.21. The molecule has 0 bridgehead atoms. The molecule has 2 aromatic rings. The van der Waals surface area contributed by atoms with E-state index in [0.717, 1.165) is 17.2 Å². The number of carbonyl (C=O) groups excluding carboxylic acids is 2. The maximum Gasteiger partial charge on any atom is 0.342 e. The van der Waals surface area contributed by atoms with Crippen LogP contribution in [0.2, 0.25) is 0 Å². The van der Waals surface area contributed by atoms with Gasteiger partial charge in [0, 0.05) is 12.0 Å². The molecule has 0 aliphatic carbocycles. The van der Waals surface area contributed by atoms with Gasteiger partial charge < -0.3 is 4.74 Å². The molecular formula is C15H16N2O3S. The topological polar surface area (TPSA) is 69.2 Å². The Morgan fingerprint density at radius 1 is 1.33 bits per heavy atom. The number of carbonyl (C=O) groups is 2. The van der Waals surface area contributed by atoms with Crippen LogP contribution in [0, 0.1) is 0 Å². The third kappa shape index (κ3) is 3.52. The molecule has 0 aliphatic rings. The van der Waals surface area contributed by atoms with Crippen molar-refractivity contribution >= 4 is 40.6 Å². The molecule has 0 saturated heterocycles. The molecule has 0 saturated carbocycles. The minimum absolute atomic E-state index is 0.0479. The van der Waals surface area contributed by atoms with Crippen LogP contribution in [0.3, 0.4) is 0 Å². The first-order valence-electron chi connectivity index (χ1n) is 6.70. The number of ether oxygens (including phenoxy) is 1. The van der Waals surface area contributed by atoms with E-state index in [1.807, 2.05) is 12.1 Å². The van der Waals surface area contributed by atoms with E-state index >= 15 is 0 Å². The van der Waals surface area contributed by atoms with Gasteiger partial charge in [0.05, 0.1) is 17.8 Å². The average Bonchev–Trinajstić information content (AvgIpc) is 2.92. The Labute approximate surface area is 127 Å². The molecule has 1 aromatic heterocycles. The number of rotatable bonds is 5. The lowest BCUT2D eigenvalue weighted by molar-refractivity contribution is -0.143. The van der Waals surface area contributed by atoms with Gasteiger partial charge >= 0.3 is 5.97 Å². The fourth-order valence-corrected chi connectivity index (χ4v) is 2.38. The van der Waals surface area contributed by atoms with Crippen molar-refractivity contribution in [3.63, 3.8) is 0 Å². The largest absolute Gasteiger partial charge is 0.459 e. The predicted octanol–water partition coefficient (Wildman–Crippen LogP) is 3.01. The standard InChI is InChI=1S/C15H16N2O3S/c1-4-13(18)11(15(19)20-9(2)3)8-10-6-5-7-12-14(10)17-21-16-12/h5-9H,4H2,1-3H3. The summed E-state index contributed by atoms with van der Waals surface area (Å²) in [5, 5.41) is 0. The number of Topliss-reactive ketones (excluding diaryl/α,β-unsaturated/α-hetero) is 1. The summed E-state index contributed by atoms with van der Waals surface area (Å²) >= 11 is 1.10. The second kappa shape index (κ2) is 6.58. The van der Waals surface area contributed by atoms with Crippen LogP contribution in [0.15, 0.2) is 23.8 Å². The molecule has 0 N–H and O–H groups in total. The van der Waals surface area contributed by atoms with Gasteiger partial charge in [-0.3, -0.25) is 4.79 Å². The maximum absolute atomic E-state index is 12.1. The first-order valence-corrected chi connectivity index (χ1v) is 7.43. The lowest BCUT2D eigenvalue weighted by Crippen LogP contribution is -2.18. The van der Waals surface area contributed by atoms with Crippen molar-refractivity contribution in [1.29, 1.82) is 0 Å². The fraction of sp³-hybridized carbons (Fsp3) is 0.333. The highest BCUT2D eigenvalue weighted by molar-refractivity contribution is 7.00. The molecule has 110 valence electrons. The number of nitrogens with zero attached hydrogens (tertiary/aromatic N) is 2. The van der Waals surface area contributed by atoms with Crippen molar-refractivity contribution < 1.29 is 14.3 Å². The Hall–Kier alpha value is -2.08. The van der Waals surface area contributed by atoms with Crippen molar-refractivity contribution in [3.8, 4) is 0 Å². The summed E-state index contributed by atoms with van der Waals surface area (Å²) in [5.41, 5.74) is 2.17. The van der Waals surface area contributed by atoms with Crippen molar-refractivity contribution in [2.75, 3.05) is 0 Å². The summed E-state index contributed by atoms with van der Waals surface area (Å²) in [5.74, 6) is -0.849. The van der Waals surface area contributed by atoms with E-state index in [0.29, 0.717) is 11.1 Å². The van der Waals surface area contributed by atoms with Gasteiger partial charge in [-0.15, -0.1) is 0 Å². The quantitative estimate of drug-likeness (QED) is 0.367. The summed E-state index contributed by atoms with van der Waals surface area (Å²) in [4.78, 5) is 24.1. The molecule has 0 atom stereocenters. The highest BCUT2D eigenvalue weighted by Crippen LogP contribution is 2.20. The third-order valence-corrected chi connectivity index (χ3v) is 3.34. The van der Waals surface area contributed by atoms with Crippen molar-refractivity contribution in [1.82, 2.24) is 8.75 Å². The van der Waals surface area contributed by atoms with Crippen molar-refractivity contribution in [2.45, 2.75) is 33.3 Å². The molecule has 5 nitrogen and oxygen atoms in total. The number of ketones is 1. The van der Waals surface area contributed by atoms with E-state index < -0.39 is 5.97 Å². The fourth-order valence-electron chi connectivity index (χ4n) is 1.82. The number of fused-ring (bicyclic) bond motifs is 1. The second-order valence-electron chi connectivity index (χ2n) is 4.77. The van der Waals surface area contributed by atoms with Crippen LogP contribution in [0.1, 0.15) is 32.8 Å². The zero-order chi connectivity index (χ0) is 15.4. The van der Waals surface area contributed by atoms with Crippen LogP contribution >= 0.6 is 11.7 Å². The molecule has 0 amide bonds. The van der Waals surface area contributed by atoms with Crippen LogP contribution in [0.25, 0.3) is 17.1 Å². The Balaban J connectivity index is 2.47. The minimum atomic E-state index is -0.600. The van der Waals surface area contributed by atoms with Crippen LogP contribution in [0.5, 0.6) is 0 Å². The van der Waals surface area contributed by atoms with E-state index in [9.17, 15) is 9.59 Å². The van der Waals surface area contributed by atoms with Crippen molar-refractivity contribution in [2.24, 2.45) is 0 Å². The zero-order valence-corrected chi connectivity index (χ0v) is 12.9. The predicted molar refractivity (Wildman–Crippen MR) is 81.9 cm³/mol. The summed E-state index contributed by atoms with van der Waals surface area (Å²) < 4.78 is 13.5. The van der Waals surface area contributed by atoms with Gasteiger partial charge in [-0.2, -0.15) is 8.75 Å². The Morgan fingerprint density at radius 2 is 2.10 bits per heavy atom. The summed E-state index contributed by atoms with van der Waals surface area (Å²) in [7, 11) is 0. The van der Waals surface area contributed by atoms with E-state index in [1.54, 1.807) is 32.9 Å². The van der Waals surface area contributed by atoms with Crippen molar-refractivity contribution in [3.05, 3.63) is 29.3 Å². The molecule has 2 rings (SSSR count). The van der Waals surface area contributed by atoms with Crippen LogP contribution in [-0.4, -0.2) is 26.6 Å². The monoisotopic (exact) mass is 304 g/mol. The smallest absolute Gasteiger partial charge is 0.342 e. The average molecular weight is 304 g/mol. The first-order chi connectivity index (χ1) is 10.0. The highest BCUT2D eigenvalue weighted by atomic mass is 32.1. The molecule has 6 heteroatoms. The lowest BCUT2D eigenvalue weighted by Gasteiger charge is -2.09. The van der Waals surface area contributed by atoms with Gasteiger partial charge in [-0.25, -0.2) is 4.79 Å². The molecule has 21 heavy (non-hydrogen) atoms. The van der Waals surface area contributed by atoms with Crippen LogP contribution < -0.4 is 0 Å². The van der Waals surface area contributed by atoms with E-state index in [1.165, 1.54) is 0 Å². The van der Waals surface area contributed by atoms with Gasteiger partial charge in [-0.1, -0.05) is 19.1 Å². The molecule has 1 aromatic carbocycles. The Kier molecular flexibility index (Phi) is 4.80. The Morgan fingerprint density at radius 3 is 2.76 bits per heavy atom. The van der Waals surface area contributed by atoms with Gasteiger partial charge in [0.25, 0.3) is 0 Å². The van der Waals surface area contributed by atoms with Crippen LogP contribution in [-0.2, 0) is 14.3 Å². The Bertz CT molecular complexity index is 704. The minimum Gasteiger partial charge on any atom is -0.459 e. The zero-order valence-electron chi connectivity index (χ0n) is 12.1. The normalized spacial score (nSPS) is 11.9. The molecule has 0 aliphatic heterocycles. The summed E-state index contributed by atoms with van der Waals surface area (Å²) in [6, 6.07) is 5.46. The molecule has 1 heterocycles. The van der Waals surface area contributed by atoms with E-state index in [4.69, 9.17) is 4.74 Å². The molecular weight excluding hydrogens is 288 g/mol. The second-order valence-corrected chi connectivity index (χ2v) is 5.30. The van der Waals surface area contributed by atoms with Crippen LogP contribution in [0.4, 0.5) is 0 Å². The van der Waals surface area contributed by atoms with Gasteiger partial charge in [0.2, 0.25) is 0 Å². The number of hydrogen-bond acceptors (Lipinski definition) is 6. The number of aromatic nitrogens is 2. The number of benzene rings is 1. The van der Waals surface area contributed by atoms with Gasteiger partial charge in [0.15, 0.2) is 5.78 Å². The van der Waals surface area contributed by atoms with Gasteiger partial charge in [-0.05, 0) is 26.0 Å². The number of esters is 1. The highest BCUT2D eigenvalue weighted by Gasteiger charge is 2.20. The van der Waals surface area contributed by atoms with E-state index in [-0.39, 0.29) is 23.9 Å². The maximum atomic E-state index is 12.1.